The molecule has 2 atom stereocenters. The van der Waals surface area contributed by atoms with Crippen LogP contribution in [0.1, 0.15) is 54.7 Å². The highest BCUT2D eigenvalue weighted by Crippen LogP contribution is 2.47. The maximum atomic E-state index is 12.3. The number of amidine groups is 1. The molecule has 0 radical (unpaired) electrons. The van der Waals surface area contributed by atoms with Crippen LogP contribution in [0.15, 0.2) is 256 Å². The molecule has 3 aliphatic heterocycles. The van der Waals surface area contributed by atoms with Gasteiger partial charge in [-0.1, -0.05) is 261 Å². The maximum absolute atomic E-state index is 12.3. The minimum atomic E-state index is -0.998. The molecular weight excluding hydrogens is 1680 g/mol. The van der Waals surface area contributed by atoms with Crippen LogP contribution in [0.2, 0.25) is 20.1 Å². The van der Waals surface area contributed by atoms with Crippen LogP contribution in [-0.4, -0.2) is 86.8 Å². The molecule has 110 heavy (non-hydrogen) atoms. The van der Waals surface area contributed by atoms with Crippen molar-refractivity contribution >= 4 is 201 Å². The summed E-state index contributed by atoms with van der Waals surface area (Å²) in [7, 11) is 0. The average Bonchev–Trinajstić information content (AvgIpc) is 1.02. The number of phenols is 2. The van der Waals surface area contributed by atoms with Crippen molar-refractivity contribution in [1.82, 2.24) is 30.9 Å². The number of thioether (sulfide) groups is 4. The summed E-state index contributed by atoms with van der Waals surface area (Å²) in [5, 5.41) is 62.2. The number of amides is 2. The van der Waals surface area contributed by atoms with Gasteiger partial charge in [-0.15, -0.1) is 11.8 Å². The number of carboxylic acid groups (broad SMARTS) is 1. The fourth-order valence-corrected chi connectivity index (χ4v) is 16.9. The topological polar surface area (TPSA) is 291 Å². The number of fused-ring (bicyclic) bond motifs is 1. The van der Waals surface area contributed by atoms with E-state index in [-0.39, 0.29) is 38.9 Å². The third-order valence-electron chi connectivity index (χ3n) is 15.1. The number of carbonyl (C=O) groups is 3. The molecular formula is C79H57BrCl4N10O9S7. The van der Waals surface area contributed by atoms with Crippen molar-refractivity contribution in [2.75, 3.05) is 13.2 Å². The van der Waals surface area contributed by atoms with Gasteiger partial charge in [0.1, 0.15) is 68.5 Å². The van der Waals surface area contributed by atoms with Gasteiger partial charge >= 0.3 is 5.97 Å². The molecule has 0 saturated carbocycles. The Morgan fingerprint density at radius 2 is 1.35 bits per heavy atom. The van der Waals surface area contributed by atoms with Crippen molar-refractivity contribution in [3.8, 4) is 46.4 Å². The summed E-state index contributed by atoms with van der Waals surface area (Å²) >= 11 is 44.2. The number of aromatic carboxylic acids is 1. The van der Waals surface area contributed by atoms with Crippen molar-refractivity contribution < 1.29 is 43.8 Å². The van der Waals surface area contributed by atoms with Gasteiger partial charge in [0.05, 0.1) is 53.2 Å². The molecule has 14 rings (SSSR count). The van der Waals surface area contributed by atoms with Crippen LogP contribution >= 0.6 is 146 Å². The molecule has 19 nitrogen and oxygen atoms in total. The first-order chi connectivity index (χ1) is 53.1. The number of thiocarbonyl (C=S) groups is 2. The Labute approximate surface area is 692 Å². The van der Waals surface area contributed by atoms with Crippen molar-refractivity contribution in [2.24, 2.45) is 15.9 Å². The lowest BCUT2D eigenvalue weighted by Gasteiger charge is -2.25. The number of hydrogen-bond acceptors (Lipinski definition) is 22. The number of benzene rings is 9. The van der Waals surface area contributed by atoms with Gasteiger partial charge < -0.3 is 35.4 Å². The molecule has 11 aromatic rings. The predicted octanol–water partition coefficient (Wildman–Crippen LogP) is 20.7. The molecule has 554 valence electrons. The second-order valence-corrected chi connectivity index (χ2v) is 32.2. The van der Waals surface area contributed by atoms with Crippen molar-refractivity contribution in [1.29, 1.82) is 10.5 Å². The molecule has 5 heterocycles. The van der Waals surface area contributed by atoms with E-state index in [9.17, 15) is 35.1 Å². The third-order valence-corrected chi connectivity index (χ3v) is 22.7. The number of hydrogen-bond donors (Lipinski definition) is 5. The number of nitriles is 2. The van der Waals surface area contributed by atoms with E-state index in [2.05, 4.69) is 79.7 Å². The summed E-state index contributed by atoms with van der Waals surface area (Å²) in [6.45, 7) is 4.59. The number of nitrogens with one attached hydrogen (secondary N) is 2. The first-order valence-electron chi connectivity index (χ1n) is 32.5. The lowest BCUT2D eigenvalue weighted by molar-refractivity contribution is -0.117. The van der Waals surface area contributed by atoms with E-state index in [4.69, 9.17) is 85.4 Å². The molecule has 2 unspecified atom stereocenters. The standard InChI is InChI=1S/C19H16BrNO3S2.C19H14N2O3S2.C18H12ClN3S2.C13H9Cl3O2S.C10H6N4O/c1-12-3-2-4-15(9-12)23-7-8-24-16-6-5-14(20)10-13(16)11-17-18(22)21-19(25)26-17;20-10-15-16(22)21-17(13-6-8-14(9-7-13)18(23)24)26-19(15)25-11-12-4-2-1-3-5-12;19-14-8-6-13(7-9-14)16-15(10-20)17(23)22-18(21-16)24-11-12-4-2-1-3-5-12;1-6-2-7(14)4-10(12(6)17)19-11-5-8(15)3-9(16)13(11)18;1-2-4-7(5-3-1)8-6-11-9-10(12-8)14-15-13-9/h2-6,9-11H,7-8H2,1H3,(H,21,22,25);1-9,17H,11H2,(H,21,22)(H,23,24);1-9,15H,11H2;2-5,17-18H,1H3;1-6H/b17-11-;;;;. The number of halogens is 5. The minimum Gasteiger partial charge on any atom is -0.506 e. The predicted molar refractivity (Wildman–Crippen MR) is 453 cm³/mol. The Morgan fingerprint density at radius 1 is 0.700 bits per heavy atom. The summed E-state index contributed by atoms with van der Waals surface area (Å²) in [6, 6.07) is 67.3. The van der Waals surface area contributed by atoms with Crippen molar-refractivity contribution in [2.45, 2.75) is 40.5 Å². The third kappa shape index (κ3) is 24.0. The Bertz CT molecular complexity index is 5380. The monoisotopic (exact) mass is 1730 g/mol. The molecule has 2 amide bonds. The Hall–Kier alpha value is -9.56. The molecule has 5 N–H and O–H groups in total. The van der Waals surface area contributed by atoms with Crippen LogP contribution in [0.5, 0.6) is 23.0 Å². The van der Waals surface area contributed by atoms with E-state index in [1.807, 2.05) is 146 Å². The highest BCUT2D eigenvalue weighted by atomic mass is 79.9. The van der Waals surface area contributed by atoms with Gasteiger partial charge in [0.15, 0.2) is 5.17 Å². The number of aromatic nitrogens is 4. The summed E-state index contributed by atoms with van der Waals surface area (Å²) in [5.74, 6) is 0.744. The molecule has 0 spiro atoms. The van der Waals surface area contributed by atoms with Crippen LogP contribution in [-0.2, 0) is 21.1 Å². The number of carbonyl (C=O) groups excluding carboxylic acids is 2. The molecule has 1 saturated heterocycles. The SMILES string of the molecule is Cc1cc(Cl)cc(Sc2cc(Cl)cc(Cl)c2O)c1O.Cc1cccc(OCCOc2ccc(Br)cc2/C=C2\SC(=S)NC2=O)c1.N#CC1=C(SCc2ccccc2)SC(c2ccc(C(=O)O)cc2)NC1=O.N#CC1C(=S)N=C(SCc2ccccc2)N=C1c1ccc(Cl)cc1.c1ccc(-c2cnc3nonc3n2)cc1. The molecule has 1 fully saturated rings. The van der Waals surface area contributed by atoms with Gasteiger partial charge in [-0.05, 0) is 142 Å². The first-order valence-corrected chi connectivity index (χ1v) is 40.1. The van der Waals surface area contributed by atoms with Gasteiger partial charge in [-0.3, -0.25) is 9.59 Å². The van der Waals surface area contributed by atoms with Gasteiger partial charge in [-0.25, -0.2) is 29.4 Å². The molecule has 9 aromatic carbocycles. The number of nitrogens with zero attached hydrogens (tertiary/aromatic N) is 8. The zero-order valence-corrected chi connectivity index (χ0v) is 67.7. The van der Waals surface area contributed by atoms with Crippen LogP contribution in [0.4, 0.5) is 0 Å². The Morgan fingerprint density at radius 3 is 1.99 bits per heavy atom. The van der Waals surface area contributed by atoms with E-state index in [1.165, 1.54) is 70.8 Å². The summed E-state index contributed by atoms with van der Waals surface area (Å²) < 4.78 is 18.1. The highest BCUT2D eigenvalue weighted by molar-refractivity contribution is 9.10. The fraction of sp³-hybridized carbons (Fsp3) is 0.101. The molecule has 0 aliphatic carbocycles. The van der Waals surface area contributed by atoms with E-state index < -0.39 is 17.8 Å². The van der Waals surface area contributed by atoms with Crippen molar-refractivity contribution in [3.63, 3.8) is 0 Å². The van der Waals surface area contributed by atoms with Crippen LogP contribution < -0.4 is 20.1 Å². The fourth-order valence-electron chi connectivity index (χ4n) is 9.79. The van der Waals surface area contributed by atoms with E-state index in [1.54, 1.807) is 61.7 Å². The summed E-state index contributed by atoms with van der Waals surface area (Å²) in [4.78, 5) is 54.3. The van der Waals surface area contributed by atoms with Crippen LogP contribution in [0.3, 0.4) is 0 Å². The van der Waals surface area contributed by atoms with Gasteiger partial charge in [0.2, 0.25) is 11.3 Å². The van der Waals surface area contributed by atoms with Crippen LogP contribution in [0, 0.1) is 42.4 Å². The second-order valence-electron chi connectivity index (χ2n) is 23.0. The summed E-state index contributed by atoms with van der Waals surface area (Å²) in [6.07, 6.45) is 3.43. The van der Waals surface area contributed by atoms with Gasteiger partial charge in [0.25, 0.3) is 11.8 Å². The highest BCUT2D eigenvalue weighted by Gasteiger charge is 2.31. The number of carboxylic acids is 1. The van der Waals surface area contributed by atoms with E-state index in [0.717, 1.165) is 66.8 Å². The number of aryl methyl sites for hydroxylation is 2. The first kappa shape index (κ1) is 82.9. The largest absolute Gasteiger partial charge is 0.506 e. The molecule has 2 aromatic heterocycles. The maximum Gasteiger partial charge on any atom is 0.335 e. The van der Waals surface area contributed by atoms with Crippen molar-refractivity contribution in [3.05, 3.63) is 296 Å². The quantitative estimate of drug-likeness (QED) is 0.0321. The van der Waals surface area contributed by atoms with Gasteiger partial charge in [-0.2, -0.15) is 10.5 Å². The smallest absolute Gasteiger partial charge is 0.335 e. The Balaban J connectivity index is 0.000000148. The van der Waals surface area contributed by atoms with Gasteiger partial charge in [0, 0.05) is 42.2 Å². The van der Waals surface area contributed by atoms with Crippen LogP contribution in [0.25, 0.3) is 28.6 Å². The number of ether oxygens (including phenoxy) is 2. The lowest BCUT2D eigenvalue weighted by atomic mass is 9.97. The zero-order valence-electron chi connectivity index (χ0n) is 57.4. The molecule has 0 bridgehead atoms. The van der Waals surface area contributed by atoms with E-state index in [0.29, 0.717) is 95.8 Å². The normalized spacial score (nSPS) is 14.6. The zero-order chi connectivity index (χ0) is 78.2. The number of aliphatic imine (C=N–C) groups is 2. The number of rotatable bonds is 17. The second kappa shape index (κ2) is 40.9. The van der Waals surface area contributed by atoms with E-state index >= 15 is 0 Å². The number of aromatic hydroxyl groups is 2. The Kier molecular flexibility index (Phi) is 30.9. The average molecular weight is 1740 g/mol. The minimum absolute atomic E-state index is 0.0758. The molecule has 31 heteroatoms. The lowest BCUT2D eigenvalue weighted by Crippen LogP contribution is -2.31. The number of phenolic OH excluding ortho intramolecular Hbond substituents is 2. The molecule has 3 aliphatic rings. The summed E-state index contributed by atoms with van der Waals surface area (Å²) in [5.41, 5.74) is 10.1.